The van der Waals surface area contributed by atoms with Gasteiger partial charge in [-0.2, -0.15) is 0 Å². The van der Waals surface area contributed by atoms with Crippen LogP contribution in [-0.4, -0.2) is 11.2 Å². The third kappa shape index (κ3) is 3.73. The van der Waals surface area contributed by atoms with E-state index in [1.54, 1.807) is 0 Å². The van der Waals surface area contributed by atoms with Crippen LogP contribution in [-0.2, 0) is 0 Å². The number of ether oxygens (including phenoxy) is 1. The summed E-state index contributed by atoms with van der Waals surface area (Å²) in [6, 6.07) is 7.90. The molecule has 1 N–H and O–H groups in total. The van der Waals surface area contributed by atoms with Crippen LogP contribution in [0.4, 0.5) is 0 Å². The summed E-state index contributed by atoms with van der Waals surface area (Å²) < 4.78 is 6.19. The topological polar surface area (TPSA) is 29.5 Å². The predicted octanol–water partition coefficient (Wildman–Crippen LogP) is 4.33. The van der Waals surface area contributed by atoms with Gasteiger partial charge in [0.15, 0.2) is 0 Å². The van der Waals surface area contributed by atoms with Crippen molar-refractivity contribution < 1.29 is 9.84 Å². The van der Waals surface area contributed by atoms with Gasteiger partial charge >= 0.3 is 0 Å². The fourth-order valence-electron chi connectivity index (χ4n) is 3.23. The molecule has 1 aromatic rings. The third-order valence-electron chi connectivity index (χ3n) is 4.09. The van der Waals surface area contributed by atoms with E-state index in [1.165, 1.54) is 6.42 Å². The summed E-state index contributed by atoms with van der Waals surface area (Å²) in [4.78, 5) is 0. The maximum absolute atomic E-state index is 10.1. The highest BCUT2D eigenvalue weighted by Crippen LogP contribution is 2.34. The van der Waals surface area contributed by atoms with E-state index in [9.17, 15) is 5.11 Å². The number of para-hydroxylation sites is 1. The zero-order chi connectivity index (χ0) is 13.8. The number of rotatable bonds is 4. The number of benzene rings is 1. The maximum Gasteiger partial charge on any atom is 0.125 e. The van der Waals surface area contributed by atoms with Crippen molar-refractivity contribution in [3.63, 3.8) is 0 Å². The monoisotopic (exact) mass is 262 g/mol. The fraction of sp³-hybridized carbons (Fsp3) is 0.647. The van der Waals surface area contributed by atoms with Crippen LogP contribution in [0.25, 0.3) is 0 Å². The summed E-state index contributed by atoms with van der Waals surface area (Å²) >= 11 is 0. The molecule has 0 spiro atoms. The summed E-state index contributed by atoms with van der Waals surface area (Å²) in [7, 11) is 0. The molecular formula is C17H26O2. The van der Waals surface area contributed by atoms with Crippen molar-refractivity contribution in [2.75, 3.05) is 0 Å². The van der Waals surface area contributed by atoms with Crippen molar-refractivity contribution >= 4 is 0 Å². The highest BCUT2D eigenvalue weighted by Gasteiger charge is 2.26. The first kappa shape index (κ1) is 14.4. The molecule has 0 aromatic heterocycles. The Balaban J connectivity index is 2.10. The molecule has 1 saturated carbocycles. The van der Waals surface area contributed by atoms with Crippen molar-refractivity contribution in [3.05, 3.63) is 29.8 Å². The van der Waals surface area contributed by atoms with Gasteiger partial charge in [-0.25, -0.2) is 0 Å². The molecule has 1 aliphatic rings. The van der Waals surface area contributed by atoms with Crippen LogP contribution in [0, 0.1) is 11.8 Å². The molecule has 0 bridgehead atoms. The van der Waals surface area contributed by atoms with Gasteiger partial charge in [0.05, 0.1) is 12.2 Å². The number of aliphatic hydroxyl groups is 1. The summed E-state index contributed by atoms with van der Waals surface area (Å²) in [5.74, 6) is 2.33. The van der Waals surface area contributed by atoms with E-state index in [4.69, 9.17) is 4.74 Å². The Morgan fingerprint density at radius 2 is 1.79 bits per heavy atom. The smallest absolute Gasteiger partial charge is 0.125 e. The van der Waals surface area contributed by atoms with Crippen LogP contribution in [0.15, 0.2) is 24.3 Å². The number of hydrogen-bond donors (Lipinski definition) is 1. The van der Waals surface area contributed by atoms with Gasteiger partial charge in [0.2, 0.25) is 0 Å². The molecule has 1 aliphatic carbocycles. The molecule has 0 radical (unpaired) electrons. The van der Waals surface area contributed by atoms with Crippen molar-refractivity contribution in [2.45, 2.75) is 58.7 Å². The van der Waals surface area contributed by atoms with E-state index in [1.807, 2.05) is 31.2 Å². The first-order valence-corrected chi connectivity index (χ1v) is 7.53. The van der Waals surface area contributed by atoms with Gasteiger partial charge in [-0.3, -0.25) is 0 Å². The normalized spacial score (nSPS) is 28.9. The van der Waals surface area contributed by atoms with Gasteiger partial charge in [-0.1, -0.05) is 39.0 Å². The molecular weight excluding hydrogens is 236 g/mol. The van der Waals surface area contributed by atoms with E-state index < -0.39 is 6.10 Å². The second kappa shape index (κ2) is 6.42. The second-order valence-electron chi connectivity index (χ2n) is 6.12. The first-order valence-electron chi connectivity index (χ1n) is 7.53. The number of hydrogen-bond acceptors (Lipinski definition) is 2. The molecule has 0 heterocycles. The summed E-state index contributed by atoms with van der Waals surface area (Å²) in [5.41, 5.74) is 0.927. The molecule has 1 aromatic carbocycles. The van der Waals surface area contributed by atoms with Crippen molar-refractivity contribution in [1.82, 2.24) is 0 Å². The van der Waals surface area contributed by atoms with Gasteiger partial charge in [-0.05, 0) is 43.6 Å². The zero-order valence-corrected chi connectivity index (χ0v) is 12.3. The summed E-state index contributed by atoms with van der Waals surface area (Å²) in [5, 5.41) is 10.1. The van der Waals surface area contributed by atoms with E-state index in [0.29, 0.717) is 6.10 Å². The van der Waals surface area contributed by atoms with Crippen LogP contribution < -0.4 is 4.74 Å². The molecule has 0 aliphatic heterocycles. The summed E-state index contributed by atoms with van der Waals surface area (Å²) in [6.07, 6.45) is 4.15. The minimum Gasteiger partial charge on any atom is -0.490 e. The Kier molecular flexibility index (Phi) is 4.87. The first-order chi connectivity index (χ1) is 9.10. The van der Waals surface area contributed by atoms with Crippen LogP contribution >= 0.6 is 0 Å². The third-order valence-corrected chi connectivity index (χ3v) is 4.09. The van der Waals surface area contributed by atoms with Gasteiger partial charge in [0.25, 0.3) is 0 Å². The van der Waals surface area contributed by atoms with E-state index >= 15 is 0 Å². The Hall–Kier alpha value is -1.02. The van der Waals surface area contributed by atoms with E-state index in [2.05, 4.69) is 13.8 Å². The predicted molar refractivity (Wildman–Crippen MR) is 78.3 cm³/mol. The van der Waals surface area contributed by atoms with Gasteiger partial charge < -0.3 is 9.84 Å². The lowest BCUT2D eigenvalue weighted by Crippen LogP contribution is -2.28. The lowest BCUT2D eigenvalue weighted by molar-refractivity contribution is 0.0944. The molecule has 106 valence electrons. The molecule has 3 atom stereocenters. The standard InChI is InChI=1S/C17H26O2/c1-4-16(18)15-7-5-6-8-17(15)19-14-10-12(2)9-13(3)11-14/h5-8,12-14,16,18H,4,9-11H2,1-3H3/t12?,13?,14?,16-/m0/s1. The highest BCUT2D eigenvalue weighted by molar-refractivity contribution is 5.35. The van der Waals surface area contributed by atoms with Crippen molar-refractivity contribution in [1.29, 1.82) is 0 Å². The van der Waals surface area contributed by atoms with Gasteiger partial charge in [0.1, 0.15) is 5.75 Å². The Morgan fingerprint density at radius 3 is 2.42 bits per heavy atom. The Labute approximate surface area is 116 Å². The highest BCUT2D eigenvalue weighted by atomic mass is 16.5. The van der Waals surface area contributed by atoms with Crippen molar-refractivity contribution in [2.24, 2.45) is 11.8 Å². The Bertz CT molecular complexity index is 392. The van der Waals surface area contributed by atoms with E-state index in [-0.39, 0.29) is 0 Å². The molecule has 0 saturated heterocycles. The zero-order valence-electron chi connectivity index (χ0n) is 12.3. The Morgan fingerprint density at radius 1 is 1.16 bits per heavy atom. The van der Waals surface area contributed by atoms with E-state index in [0.717, 1.165) is 42.4 Å². The largest absolute Gasteiger partial charge is 0.490 e. The molecule has 2 rings (SSSR count). The molecule has 2 heteroatoms. The maximum atomic E-state index is 10.1. The molecule has 0 amide bonds. The molecule has 2 nitrogen and oxygen atoms in total. The second-order valence-corrected chi connectivity index (χ2v) is 6.12. The molecule has 1 fully saturated rings. The minimum atomic E-state index is -0.422. The van der Waals surface area contributed by atoms with Crippen LogP contribution in [0.5, 0.6) is 5.75 Å². The number of aliphatic hydroxyl groups excluding tert-OH is 1. The van der Waals surface area contributed by atoms with Crippen LogP contribution in [0.3, 0.4) is 0 Å². The van der Waals surface area contributed by atoms with Gasteiger partial charge in [0, 0.05) is 5.56 Å². The van der Waals surface area contributed by atoms with Gasteiger partial charge in [-0.15, -0.1) is 0 Å². The molecule has 2 unspecified atom stereocenters. The summed E-state index contributed by atoms with van der Waals surface area (Å²) in [6.45, 7) is 6.60. The SMILES string of the molecule is CC[C@H](O)c1ccccc1OC1CC(C)CC(C)C1. The average Bonchev–Trinajstić information content (AvgIpc) is 2.37. The average molecular weight is 262 g/mol. The van der Waals surface area contributed by atoms with Crippen LogP contribution in [0.2, 0.25) is 0 Å². The van der Waals surface area contributed by atoms with Crippen LogP contribution in [0.1, 0.15) is 58.1 Å². The lowest BCUT2D eigenvalue weighted by Gasteiger charge is -2.32. The quantitative estimate of drug-likeness (QED) is 0.875. The minimum absolute atomic E-state index is 0.295. The fourth-order valence-corrected chi connectivity index (χ4v) is 3.23. The molecule has 19 heavy (non-hydrogen) atoms. The lowest BCUT2D eigenvalue weighted by atomic mass is 9.82. The van der Waals surface area contributed by atoms with Crippen molar-refractivity contribution in [3.8, 4) is 5.75 Å².